The number of Topliss-reactive ketones (excluding diaryl/α,β-unsaturated/α-hetero) is 1. The van der Waals surface area contributed by atoms with Crippen LogP contribution < -0.4 is 5.32 Å². The van der Waals surface area contributed by atoms with Crippen LogP contribution in [0.5, 0.6) is 0 Å². The van der Waals surface area contributed by atoms with Gasteiger partial charge >= 0.3 is 0 Å². The van der Waals surface area contributed by atoms with E-state index in [4.69, 9.17) is 16.7 Å². The molecule has 1 unspecified atom stereocenters. The van der Waals surface area contributed by atoms with E-state index < -0.39 is 0 Å². The smallest absolute Gasteiger partial charge is 0.163 e. The summed E-state index contributed by atoms with van der Waals surface area (Å²) in [7, 11) is 0. The monoisotopic (exact) mass is 377 g/mol. The number of benzene rings is 2. The second-order valence-electron chi connectivity index (χ2n) is 8.23. The Morgan fingerprint density at radius 2 is 1.96 bits per heavy atom. The molecular formula is C22H20ClN3O. The zero-order chi connectivity index (χ0) is 18.8. The van der Waals surface area contributed by atoms with Gasteiger partial charge in [0.2, 0.25) is 0 Å². The number of anilines is 1. The third kappa shape index (κ3) is 2.59. The number of carbonyl (C=O) groups excluding carboxylic acids is 1. The molecule has 0 saturated heterocycles. The van der Waals surface area contributed by atoms with Gasteiger partial charge in [-0.25, -0.2) is 4.68 Å². The van der Waals surface area contributed by atoms with Crippen LogP contribution in [0.15, 0.2) is 59.8 Å². The van der Waals surface area contributed by atoms with E-state index >= 15 is 0 Å². The lowest BCUT2D eigenvalue weighted by Gasteiger charge is -2.39. The molecule has 1 N–H and O–H groups in total. The molecule has 0 amide bonds. The first-order valence-electron chi connectivity index (χ1n) is 9.19. The largest absolute Gasteiger partial charge is 0.343 e. The molecule has 4 nitrogen and oxygen atoms in total. The maximum Gasteiger partial charge on any atom is 0.163 e. The molecule has 1 aromatic heterocycles. The van der Waals surface area contributed by atoms with Crippen molar-refractivity contribution in [2.45, 2.75) is 32.7 Å². The van der Waals surface area contributed by atoms with Gasteiger partial charge in [-0.2, -0.15) is 5.10 Å². The number of fused-ring (bicyclic) bond motifs is 3. The zero-order valence-corrected chi connectivity index (χ0v) is 16.0. The minimum absolute atomic E-state index is 0.0558. The summed E-state index contributed by atoms with van der Waals surface area (Å²) in [6.45, 7) is 4.30. The Hall–Kier alpha value is -2.59. The topological polar surface area (TPSA) is 46.9 Å². The second kappa shape index (κ2) is 5.70. The van der Waals surface area contributed by atoms with Crippen LogP contribution in [0.4, 0.5) is 5.82 Å². The third-order valence-corrected chi connectivity index (χ3v) is 5.71. The molecule has 136 valence electrons. The van der Waals surface area contributed by atoms with Crippen LogP contribution in [0.25, 0.3) is 10.9 Å². The number of hydrogen-bond donors (Lipinski definition) is 1. The lowest BCUT2D eigenvalue weighted by Crippen LogP contribution is -2.36. The Morgan fingerprint density at radius 1 is 1.15 bits per heavy atom. The van der Waals surface area contributed by atoms with Crippen molar-refractivity contribution in [2.75, 3.05) is 5.32 Å². The molecule has 2 aliphatic rings. The van der Waals surface area contributed by atoms with Gasteiger partial charge < -0.3 is 5.32 Å². The van der Waals surface area contributed by atoms with E-state index in [9.17, 15) is 4.79 Å². The standard InChI is InChI=1S/C22H20ClN3O/c1-22(2)11-17-19(18(27)12-22)20(13-6-5-7-14(23)10-13)26-21(24-17)15-8-3-4-9-16(15)25-26/h3-10,20,24H,11-12H2,1-2H3. The van der Waals surface area contributed by atoms with Gasteiger partial charge in [-0.3, -0.25) is 4.79 Å². The molecule has 3 aromatic rings. The average Bonchev–Trinajstić information content (AvgIpc) is 2.97. The van der Waals surface area contributed by atoms with Gasteiger partial charge in [-0.05, 0) is 41.7 Å². The summed E-state index contributed by atoms with van der Waals surface area (Å²) in [5, 5.41) is 10.1. The molecule has 0 bridgehead atoms. The first-order chi connectivity index (χ1) is 12.9. The summed E-state index contributed by atoms with van der Waals surface area (Å²) in [4.78, 5) is 13.2. The predicted molar refractivity (Wildman–Crippen MR) is 108 cm³/mol. The Morgan fingerprint density at radius 3 is 2.78 bits per heavy atom. The maximum absolute atomic E-state index is 13.2. The van der Waals surface area contributed by atoms with Crippen molar-refractivity contribution in [1.29, 1.82) is 0 Å². The van der Waals surface area contributed by atoms with E-state index in [2.05, 4.69) is 25.2 Å². The van der Waals surface area contributed by atoms with E-state index in [1.54, 1.807) is 0 Å². The highest BCUT2D eigenvalue weighted by Gasteiger charge is 2.41. The molecule has 27 heavy (non-hydrogen) atoms. The number of rotatable bonds is 1. The fraction of sp³-hybridized carbons (Fsp3) is 0.273. The van der Waals surface area contributed by atoms with Crippen LogP contribution in [0.2, 0.25) is 5.02 Å². The van der Waals surface area contributed by atoms with Crippen molar-refractivity contribution in [3.63, 3.8) is 0 Å². The van der Waals surface area contributed by atoms with Crippen LogP contribution in [0.1, 0.15) is 38.3 Å². The number of ketones is 1. The van der Waals surface area contributed by atoms with Crippen molar-refractivity contribution in [2.24, 2.45) is 5.41 Å². The molecule has 2 heterocycles. The molecular weight excluding hydrogens is 358 g/mol. The van der Waals surface area contributed by atoms with E-state index in [0.29, 0.717) is 11.4 Å². The number of allylic oxidation sites excluding steroid dienone is 2. The van der Waals surface area contributed by atoms with Crippen molar-refractivity contribution < 1.29 is 4.79 Å². The van der Waals surface area contributed by atoms with E-state index in [1.165, 1.54) is 0 Å². The van der Waals surface area contributed by atoms with Gasteiger partial charge in [0, 0.05) is 28.1 Å². The second-order valence-corrected chi connectivity index (χ2v) is 8.66. The number of nitrogens with zero attached hydrogens (tertiary/aromatic N) is 2. The molecule has 0 fully saturated rings. The molecule has 0 saturated carbocycles. The molecule has 1 aliphatic carbocycles. The summed E-state index contributed by atoms with van der Waals surface area (Å²) in [6, 6.07) is 15.6. The summed E-state index contributed by atoms with van der Waals surface area (Å²) in [5.41, 5.74) is 3.67. The summed E-state index contributed by atoms with van der Waals surface area (Å²) >= 11 is 6.28. The molecule has 0 radical (unpaired) electrons. The summed E-state index contributed by atoms with van der Waals surface area (Å²) < 4.78 is 1.95. The van der Waals surface area contributed by atoms with E-state index in [0.717, 1.165) is 40.0 Å². The van der Waals surface area contributed by atoms with Crippen LogP contribution in [0.3, 0.4) is 0 Å². The highest BCUT2D eigenvalue weighted by molar-refractivity contribution is 6.30. The van der Waals surface area contributed by atoms with Gasteiger partial charge in [0.15, 0.2) is 5.78 Å². The van der Waals surface area contributed by atoms with E-state index in [-0.39, 0.29) is 17.2 Å². The first kappa shape index (κ1) is 16.6. The lowest BCUT2D eigenvalue weighted by atomic mass is 9.73. The van der Waals surface area contributed by atoms with Crippen LogP contribution >= 0.6 is 11.6 Å². The van der Waals surface area contributed by atoms with Gasteiger partial charge in [-0.15, -0.1) is 0 Å². The predicted octanol–water partition coefficient (Wildman–Crippen LogP) is 5.35. The summed E-state index contributed by atoms with van der Waals surface area (Å²) in [5.74, 6) is 1.13. The van der Waals surface area contributed by atoms with Gasteiger partial charge in [0.05, 0.1) is 5.52 Å². The molecule has 5 heteroatoms. The minimum atomic E-state index is -0.258. The minimum Gasteiger partial charge on any atom is -0.343 e. The van der Waals surface area contributed by atoms with E-state index in [1.807, 2.05) is 47.1 Å². The summed E-state index contributed by atoms with van der Waals surface area (Å²) in [6.07, 6.45) is 1.38. The fourth-order valence-electron chi connectivity index (χ4n) is 4.38. The number of nitrogens with one attached hydrogen (secondary N) is 1. The van der Waals surface area contributed by atoms with Gasteiger partial charge in [-0.1, -0.05) is 49.7 Å². The van der Waals surface area contributed by atoms with Crippen molar-refractivity contribution >= 4 is 34.1 Å². The highest BCUT2D eigenvalue weighted by atomic mass is 35.5. The normalized spacial score (nSPS) is 21.0. The Kier molecular flexibility index (Phi) is 3.50. The molecule has 5 rings (SSSR count). The number of hydrogen-bond acceptors (Lipinski definition) is 3. The van der Waals surface area contributed by atoms with Crippen LogP contribution in [0, 0.1) is 5.41 Å². The number of aromatic nitrogens is 2. The lowest BCUT2D eigenvalue weighted by molar-refractivity contribution is -0.118. The van der Waals surface area contributed by atoms with Crippen molar-refractivity contribution in [1.82, 2.24) is 9.78 Å². The molecule has 0 spiro atoms. The van der Waals surface area contributed by atoms with Crippen molar-refractivity contribution in [3.05, 3.63) is 70.4 Å². The third-order valence-electron chi connectivity index (χ3n) is 5.48. The average molecular weight is 378 g/mol. The number of carbonyl (C=O) groups is 1. The highest BCUT2D eigenvalue weighted by Crippen LogP contribution is 2.47. The fourth-order valence-corrected chi connectivity index (χ4v) is 4.57. The first-order valence-corrected chi connectivity index (χ1v) is 9.57. The Bertz CT molecular complexity index is 1130. The quantitative estimate of drug-likeness (QED) is 0.622. The SMILES string of the molecule is CC1(C)CC(=O)C2=C(C1)Nc1c3ccccc3nn1C2c1cccc(Cl)c1. The zero-order valence-electron chi connectivity index (χ0n) is 15.3. The molecule has 1 atom stereocenters. The molecule has 2 aromatic carbocycles. The van der Waals surface area contributed by atoms with Gasteiger partial charge in [0.1, 0.15) is 11.9 Å². The van der Waals surface area contributed by atoms with Gasteiger partial charge in [0.25, 0.3) is 0 Å². The molecule has 1 aliphatic heterocycles. The van der Waals surface area contributed by atoms with Crippen molar-refractivity contribution in [3.8, 4) is 0 Å². The van der Waals surface area contributed by atoms with Crippen LogP contribution in [-0.2, 0) is 4.79 Å². The maximum atomic E-state index is 13.2. The number of halogens is 1. The Labute approximate surface area is 162 Å². The Balaban J connectivity index is 1.79. The van der Waals surface area contributed by atoms with Crippen LogP contribution in [-0.4, -0.2) is 15.6 Å².